The van der Waals surface area contributed by atoms with Gasteiger partial charge in [-0.3, -0.25) is 9.20 Å². The fourth-order valence-corrected chi connectivity index (χ4v) is 5.47. The van der Waals surface area contributed by atoms with Crippen molar-refractivity contribution in [1.82, 2.24) is 34.8 Å². The van der Waals surface area contributed by atoms with Crippen molar-refractivity contribution in [2.45, 2.75) is 26.0 Å². The molecule has 2 aromatic carbocycles. The van der Waals surface area contributed by atoms with Crippen LogP contribution in [0.2, 0.25) is 0 Å². The Morgan fingerprint density at radius 2 is 1.80 bits per heavy atom. The second-order valence-corrected chi connectivity index (χ2v) is 10.6. The lowest BCUT2D eigenvalue weighted by molar-refractivity contribution is -0.0498. The first-order chi connectivity index (χ1) is 20.9. The number of carbonyl (C=O) groups excluding carboxylic acids is 2. The third kappa shape index (κ3) is 6.68. The molecule has 3 N–H and O–H groups in total. The molecule has 0 radical (unpaired) electrons. The van der Waals surface area contributed by atoms with Crippen LogP contribution in [-0.4, -0.2) is 88.0 Å². The molecule has 2 fully saturated rings. The number of aryl methyl sites for hydroxylation is 1. The van der Waals surface area contributed by atoms with Crippen molar-refractivity contribution in [1.29, 1.82) is 0 Å². The third-order valence-corrected chi connectivity index (χ3v) is 7.76. The molecule has 11 nitrogen and oxygen atoms in total. The lowest BCUT2D eigenvalue weighted by Crippen LogP contribution is -2.54. The normalized spacial score (nSPS) is 16.6. The number of rotatable bonds is 7. The molecule has 4 heterocycles. The van der Waals surface area contributed by atoms with Gasteiger partial charge in [0.25, 0.3) is 5.91 Å². The summed E-state index contributed by atoms with van der Waals surface area (Å²) in [7, 11) is 0. The van der Waals surface area contributed by atoms with E-state index in [1.54, 1.807) is 46.6 Å². The number of ether oxygens (including phenoxy) is 1. The summed E-state index contributed by atoms with van der Waals surface area (Å²) in [6.07, 6.45) is 6.03. The van der Waals surface area contributed by atoms with E-state index in [0.717, 1.165) is 42.0 Å². The molecule has 0 saturated carbocycles. The molecule has 0 spiro atoms. The lowest BCUT2D eigenvalue weighted by Gasteiger charge is -2.35. The number of halogens is 3. The van der Waals surface area contributed by atoms with Gasteiger partial charge in [0.2, 0.25) is 0 Å². The van der Waals surface area contributed by atoms with Crippen molar-refractivity contribution >= 4 is 41.5 Å². The van der Waals surface area contributed by atoms with Crippen LogP contribution < -0.4 is 20.7 Å². The molecular weight excluding hydrogens is 594 g/mol. The minimum absolute atomic E-state index is 0. The Hall–Kier alpha value is -4.49. The standard InChI is InChI=1S/C30H32F2N8O3.ClH/c1-19-16-21(4-7-24(19)28(41)38-12-14-39(15-13-38)30(42)37-22-8-9-33-17-22)36-26-27-35-18-25(40(27)11-10-34-26)20-2-5-23(6-3-20)43-29(31)32;/h2-7,10-11,16,18,22,29,33H,8-9,12-15,17H2,1H3,(H,34,36)(H,37,42);1H/t22-;/m0./s1. The number of benzene rings is 2. The van der Waals surface area contributed by atoms with E-state index in [9.17, 15) is 18.4 Å². The molecule has 2 aliphatic rings. The molecule has 0 unspecified atom stereocenters. The summed E-state index contributed by atoms with van der Waals surface area (Å²) >= 11 is 0. The van der Waals surface area contributed by atoms with Crippen LogP contribution in [0.15, 0.2) is 61.1 Å². The highest BCUT2D eigenvalue weighted by molar-refractivity contribution is 5.96. The highest BCUT2D eigenvalue weighted by Gasteiger charge is 2.27. The van der Waals surface area contributed by atoms with E-state index >= 15 is 0 Å². The van der Waals surface area contributed by atoms with Gasteiger partial charge in [-0.25, -0.2) is 14.8 Å². The molecule has 0 bridgehead atoms. The van der Waals surface area contributed by atoms with Crippen LogP contribution in [-0.2, 0) is 0 Å². The summed E-state index contributed by atoms with van der Waals surface area (Å²) in [4.78, 5) is 38.5. The van der Waals surface area contributed by atoms with Crippen molar-refractivity contribution in [2.75, 3.05) is 44.6 Å². The van der Waals surface area contributed by atoms with Gasteiger partial charge >= 0.3 is 12.6 Å². The Kier molecular flexibility index (Phi) is 9.45. The highest BCUT2D eigenvalue weighted by atomic mass is 35.5. The van der Waals surface area contributed by atoms with E-state index < -0.39 is 6.61 Å². The molecule has 1 atom stereocenters. The Morgan fingerprint density at radius 1 is 1.05 bits per heavy atom. The second kappa shape index (κ2) is 13.4. The van der Waals surface area contributed by atoms with Crippen molar-refractivity contribution in [3.63, 3.8) is 0 Å². The predicted octanol–water partition coefficient (Wildman–Crippen LogP) is 4.30. The molecule has 44 heavy (non-hydrogen) atoms. The van der Waals surface area contributed by atoms with Crippen LogP contribution in [0.3, 0.4) is 0 Å². The van der Waals surface area contributed by atoms with Crippen LogP contribution in [0.25, 0.3) is 16.9 Å². The first kappa shape index (κ1) is 31.0. The fraction of sp³-hybridized carbons (Fsp3) is 0.333. The number of amides is 3. The minimum Gasteiger partial charge on any atom is -0.435 e. The van der Waals surface area contributed by atoms with Gasteiger partial charge in [-0.15, -0.1) is 12.4 Å². The average Bonchev–Trinajstić information content (AvgIpc) is 3.68. The SMILES string of the molecule is Cc1cc(Nc2nccn3c(-c4ccc(OC(F)F)cc4)cnc23)ccc1C(=O)N1CCN(C(=O)N[C@H]2CCNC2)CC1.Cl. The maximum Gasteiger partial charge on any atom is 0.387 e. The molecule has 3 amide bonds. The van der Waals surface area contributed by atoms with Gasteiger partial charge < -0.3 is 30.5 Å². The molecule has 6 rings (SSSR count). The third-order valence-electron chi connectivity index (χ3n) is 7.76. The van der Waals surface area contributed by atoms with Gasteiger partial charge in [-0.1, -0.05) is 0 Å². The molecular formula is C30H33ClF2N8O3. The Labute approximate surface area is 259 Å². The molecule has 14 heteroatoms. The average molecular weight is 627 g/mol. The number of aromatic nitrogens is 3. The summed E-state index contributed by atoms with van der Waals surface area (Å²) in [5.41, 5.74) is 4.27. The van der Waals surface area contributed by atoms with Gasteiger partial charge in [-0.2, -0.15) is 8.78 Å². The van der Waals surface area contributed by atoms with E-state index in [0.29, 0.717) is 43.2 Å². The number of carbonyl (C=O) groups is 2. The molecule has 4 aromatic rings. The van der Waals surface area contributed by atoms with Crippen LogP contribution in [0.4, 0.5) is 25.1 Å². The molecule has 232 valence electrons. The number of piperazine rings is 1. The van der Waals surface area contributed by atoms with Crippen molar-refractivity contribution in [3.05, 3.63) is 72.2 Å². The molecule has 2 aromatic heterocycles. The number of imidazole rings is 1. The minimum atomic E-state index is -2.88. The zero-order valence-electron chi connectivity index (χ0n) is 24.0. The summed E-state index contributed by atoms with van der Waals surface area (Å²) in [6.45, 7) is 2.65. The number of anilines is 2. The van der Waals surface area contributed by atoms with E-state index in [2.05, 4.69) is 30.7 Å². The Bertz CT molecular complexity index is 1620. The van der Waals surface area contributed by atoms with Gasteiger partial charge in [-0.05, 0) is 67.9 Å². The maximum absolute atomic E-state index is 13.3. The number of urea groups is 1. The number of alkyl halides is 2. The van der Waals surface area contributed by atoms with Gasteiger partial charge in [0, 0.05) is 68.0 Å². The largest absolute Gasteiger partial charge is 0.435 e. The zero-order valence-corrected chi connectivity index (χ0v) is 24.8. The molecule has 2 aliphatic heterocycles. The van der Waals surface area contributed by atoms with Crippen LogP contribution in [0.1, 0.15) is 22.3 Å². The van der Waals surface area contributed by atoms with E-state index in [-0.39, 0.29) is 36.1 Å². The fourth-order valence-electron chi connectivity index (χ4n) is 5.47. The van der Waals surface area contributed by atoms with Gasteiger partial charge in [0.15, 0.2) is 11.5 Å². The first-order valence-corrected chi connectivity index (χ1v) is 14.2. The predicted molar refractivity (Wildman–Crippen MR) is 164 cm³/mol. The number of fused-ring (bicyclic) bond motifs is 1. The number of nitrogens with one attached hydrogen (secondary N) is 3. The van der Waals surface area contributed by atoms with Gasteiger partial charge in [0.1, 0.15) is 5.75 Å². The second-order valence-electron chi connectivity index (χ2n) is 10.6. The van der Waals surface area contributed by atoms with E-state index in [4.69, 9.17) is 0 Å². The van der Waals surface area contributed by atoms with E-state index in [1.165, 1.54) is 12.1 Å². The Balaban J connectivity index is 0.00000384. The maximum atomic E-state index is 13.3. The highest BCUT2D eigenvalue weighted by Crippen LogP contribution is 2.28. The van der Waals surface area contributed by atoms with Crippen LogP contribution >= 0.6 is 12.4 Å². The molecule has 2 saturated heterocycles. The van der Waals surface area contributed by atoms with Crippen molar-refractivity contribution < 1.29 is 23.1 Å². The quantitative estimate of drug-likeness (QED) is 0.280. The lowest BCUT2D eigenvalue weighted by atomic mass is 10.1. The topological polar surface area (TPSA) is 116 Å². The number of hydrogen-bond acceptors (Lipinski definition) is 7. The first-order valence-electron chi connectivity index (χ1n) is 14.2. The monoisotopic (exact) mass is 626 g/mol. The summed E-state index contributed by atoms with van der Waals surface area (Å²) in [6, 6.07) is 12.0. The van der Waals surface area contributed by atoms with Crippen LogP contribution in [0.5, 0.6) is 5.75 Å². The Morgan fingerprint density at radius 3 is 2.48 bits per heavy atom. The smallest absolute Gasteiger partial charge is 0.387 e. The van der Waals surface area contributed by atoms with Gasteiger partial charge in [0.05, 0.1) is 11.9 Å². The van der Waals surface area contributed by atoms with E-state index in [1.807, 2.05) is 23.5 Å². The summed E-state index contributed by atoms with van der Waals surface area (Å²) < 4.78 is 31.3. The summed E-state index contributed by atoms with van der Waals surface area (Å²) in [5.74, 6) is 0.538. The van der Waals surface area contributed by atoms with Crippen molar-refractivity contribution in [2.24, 2.45) is 0 Å². The number of nitrogens with zero attached hydrogens (tertiary/aromatic N) is 5. The molecule has 0 aliphatic carbocycles. The summed E-state index contributed by atoms with van der Waals surface area (Å²) in [5, 5.41) is 9.61. The number of hydrogen-bond donors (Lipinski definition) is 3. The zero-order chi connectivity index (χ0) is 29.9. The van der Waals surface area contributed by atoms with Crippen molar-refractivity contribution in [3.8, 4) is 17.0 Å². The van der Waals surface area contributed by atoms with Crippen LogP contribution in [0, 0.1) is 6.92 Å².